The van der Waals surface area contributed by atoms with E-state index in [1.54, 1.807) is 24.3 Å². The quantitative estimate of drug-likeness (QED) is 0.780. The summed E-state index contributed by atoms with van der Waals surface area (Å²) in [5.74, 6) is -0.421. The van der Waals surface area contributed by atoms with Crippen LogP contribution in [0.5, 0.6) is 0 Å². The fourth-order valence-electron chi connectivity index (χ4n) is 1.59. The van der Waals surface area contributed by atoms with Gasteiger partial charge >= 0.3 is 0 Å². The lowest BCUT2D eigenvalue weighted by Gasteiger charge is -2.13. The Bertz CT molecular complexity index is 580. The van der Waals surface area contributed by atoms with E-state index in [1.165, 1.54) is 6.07 Å². The fraction of sp³-hybridized carbons (Fsp3) is 0.0769. The number of anilines is 3. The second kappa shape index (κ2) is 5.04. The maximum atomic E-state index is 13.6. The number of nitrogens with two attached hydrogens (primary N) is 1. The molecule has 5 heteroatoms. The van der Waals surface area contributed by atoms with Crippen LogP contribution < -0.4 is 11.1 Å². The third-order valence-corrected chi connectivity index (χ3v) is 3.21. The first-order chi connectivity index (χ1) is 8.49. The summed E-state index contributed by atoms with van der Waals surface area (Å²) in [5, 5.41) is 3.65. The molecule has 94 valence electrons. The SMILES string of the molecule is Cc1cc(N)c(Cl)cc1Nc1c(F)cccc1Cl. The van der Waals surface area contributed by atoms with Crippen molar-refractivity contribution in [2.24, 2.45) is 0 Å². The maximum Gasteiger partial charge on any atom is 0.148 e. The van der Waals surface area contributed by atoms with E-state index in [0.717, 1.165) is 5.56 Å². The maximum absolute atomic E-state index is 13.6. The molecule has 0 fully saturated rings. The Hall–Kier alpha value is -1.45. The van der Waals surface area contributed by atoms with Crippen LogP contribution in [0.1, 0.15) is 5.56 Å². The Morgan fingerprint density at radius 3 is 2.56 bits per heavy atom. The molecule has 0 atom stereocenters. The van der Waals surface area contributed by atoms with E-state index in [1.807, 2.05) is 6.92 Å². The van der Waals surface area contributed by atoms with Crippen LogP contribution in [0.25, 0.3) is 0 Å². The van der Waals surface area contributed by atoms with Gasteiger partial charge in [0.2, 0.25) is 0 Å². The first kappa shape index (κ1) is 13.0. The molecule has 2 rings (SSSR count). The highest BCUT2D eigenvalue weighted by Crippen LogP contribution is 2.32. The molecule has 18 heavy (non-hydrogen) atoms. The minimum Gasteiger partial charge on any atom is -0.398 e. The van der Waals surface area contributed by atoms with Gasteiger partial charge in [0.25, 0.3) is 0 Å². The van der Waals surface area contributed by atoms with E-state index in [9.17, 15) is 4.39 Å². The number of hydrogen-bond acceptors (Lipinski definition) is 2. The van der Waals surface area contributed by atoms with Crippen molar-refractivity contribution in [1.29, 1.82) is 0 Å². The molecule has 0 amide bonds. The Kier molecular flexibility index (Phi) is 3.64. The van der Waals surface area contributed by atoms with Gasteiger partial charge in [-0.1, -0.05) is 29.3 Å². The molecule has 0 aromatic heterocycles. The molecule has 0 aliphatic heterocycles. The highest BCUT2D eigenvalue weighted by atomic mass is 35.5. The Balaban J connectivity index is 2.43. The summed E-state index contributed by atoms with van der Waals surface area (Å²) < 4.78 is 13.6. The molecule has 0 spiro atoms. The van der Waals surface area contributed by atoms with Crippen molar-refractivity contribution in [3.63, 3.8) is 0 Å². The van der Waals surface area contributed by atoms with E-state index in [-0.39, 0.29) is 5.69 Å². The Labute approximate surface area is 115 Å². The monoisotopic (exact) mass is 284 g/mol. The van der Waals surface area contributed by atoms with Gasteiger partial charge in [0.05, 0.1) is 21.4 Å². The molecule has 0 aliphatic carbocycles. The normalized spacial score (nSPS) is 10.4. The fourth-order valence-corrected chi connectivity index (χ4v) is 1.96. The second-order valence-corrected chi connectivity index (χ2v) is 4.72. The van der Waals surface area contributed by atoms with Crippen molar-refractivity contribution in [1.82, 2.24) is 0 Å². The Morgan fingerprint density at radius 2 is 1.89 bits per heavy atom. The zero-order chi connectivity index (χ0) is 13.3. The molecule has 0 unspecified atom stereocenters. The van der Waals surface area contributed by atoms with Gasteiger partial charge in [-0.05, 0) is 36.8 Å². The van der Waals surface area contributed by atoms with Crippen molar-refractivity contribution in [2.75, 3.05) is 11.1 Å². The first-order valence-corrected chi connectivity index (χ1v) is 6.01. The molecule has 0 bridgehead atoms. The summed E-state index contributed by atoms with van der Waals surface area (Å²) in [7, 11) is 0. The lowest BCUT2D eigenvalue weighted by molar-refractivity contribution is 0.632. The summed E-state index contributed by atoms with van der Waals surface area (Å²) in [4.78, 5) is 0. The number of benzene rings is 2. The van der Waals surface area contributed by atoms with Gasteiger partial charge in [-0.15, -0.1) is 0 Å². The molecule has 0 aliphatic rings. The van der Waals surface area contributed by atoms with Gasteiger partial charge in [-0.2, -0.15) is 0 Å². The summed E-state index contributed by atoms with van der Waals surface area (Å²) in [6, 6.07) is 7.86. The number of aryl methyl sites for hydroxylation is 1. The average molecular weight is 285 g/mol. The molecule has 0 radical (unpaired) electrons. The zero-order valence-electron chi connectivity index (χ0n) is 9.60. The number of para-hydroxylation sites is 1. The number of halogens is 3. The summed E-state index contributed by atoms with van der Waals surface area (Å²) in [5.41, 5.74) is 7.92. The van der Waals surface area contributed by atoms with Crippen LogP contribution in [0.15, 0.2) is 30.3 Å². The van der Waals surface area contributed by atoms with Gasteiger partial charge in [-0.25, -0.2) is 4.39 Å². The number of nitrogen functional groups attached to an aromatic ring is 1. The van der Waals surface area contributed by atoms with Crippen molar-refractivity contribution >= 4 is 40.3 Å². The smallest absolute Gasteiger partial charge is 0.148 e. The van der Waals surface area contributed by atoms with Crippen LogP contribution >= 0.6 is 23.2 Å². The van der Waals surface area contributed by atoms with Crippen molar-refractivity contribution in [3.05, 3.63) is 51.8 Å². The van der Waals surface area contributed by atoms with Gasteiger partial charge in [0, 0.05) is 5.69 Å². The third kappa shape index (κ3) is 2.52. The number of nitrogens with one attached hydrogen (secondary N) is 1. The molecule has 0 heterocycles. The molecular formula is C13H11Cl2FN2. The lowest BCUT2D eigenvalue weighted by Crippen LogP contribution is -1.98. The van der Waals surface area contributed by atoms with Crippen molar-refractivity contribution < 1.29 is 4.39 Å². The standard InChI is InChI=1S/C13H11Cl2FN2/c1-7-5-11(17)9(15)6-12(7)18-13-8(14)3-2-4-10(13)16/h2-6,18H,17H2,1H3. The summed E-state index contributed by atoms with van der Waals surface area (Å²) in [6.07, 6.45) is 0. The second-order valence-electron chi connectivity index (χ2n) is 3.91. The van der Waals surface area contributed by atoms with Crippen LogP contribution in [-0.2, 0) is 0 Å². The van der Waals surface area contributed by atoms with Crippen LogP contribution in [-0.4, -0.2) is 0 Å². The summed E-state index contributed by atoms with van der Waals surface area (Å²) >= 11 is 11.9. The highest BCUT2D eigenvalue weighted by Gasteiger charge is 2.09. The minimum atomic E-state index is -0.421. The predicted octanol–water partition coefficient (Wildman–Crippen LogP) is 4.77. The van der Waals surface area contributed by atoms with Gasteiger partial charge in [-0.3, -0.25) is 0 Å². The number of rotatable bonds is 2. The van der Waals surface area contributed by atoms with E-state index in [4.69, 9.17) is 28.9 Å². The molecule has 0 saturated heterocycles. The van der Waals surface area contributed by atoms with Crippen molar-refractivity contribution in [2.45, 2.75) is 6.92 Å². The predicted molar refractivity (Wildman–Crippen MR) is 75.3 cm³/mol. The van der Waals surface area contributed by atoms with Gasteiger partial charge in [0.1, 0.15) is 5.82 Å². The molecule has 2 aromatic carbocycles. The molecule has 3 N–H and O–H groups in total. The molecular weight excluding hydrogens is 274 g/mol. The zero-order valence-corrected chi connectivity index (χ0v) is 11.1. The Morgan fingerprint density at radius 1 is 1.17 bits per heavy atom. The topological polar surface area (TPSA) is 38.0 Å². The van der Waals surface area contributed by atoms with E-state index < -0.39 is 5.82 Å². The molecule has 0 saturated carbocycles. The molecule has 2 nitrogen and oxygen atoms in total. The van der Waals surface area contributed by atoms with Crippen LogP contribution in [0.2, 0.25) is 10.0 Å². The minimum absolute atomic E-state index is 0.225. The van der Waals surface area contributed by atoms with E-state index >= 15 is 0 Å². The van der Waals surface area contributed by atoms with Crippen molar-refractivity contribution in [3.8, 4) is 0 Å². The lowest BCUT2D eigenvalue weighted by atomic mass is 10.1. The largest absolute Gasteiger partial charge is 0.398 e. The van der Waals surface area contributed by atoms with E-state index in [2.05, 4.69) is 5.32 Å². The van der Waals surface area contributed by atoms with Gasteiger partial charge < -0.3 is 11.1 Å². The van der Waals surface area contributed by atoms with Crippen LogP contribution in [0, 0.1) is 12.7 Å². The van der Waals surface area contributed by atoms with E-state index in [0.29, 0.717) is 21.4 Å². The number of hydrogen-bond donors (Lipinski definition) is 2. The third-order valence-electron chi connectivity index (χ3n) is 2.57. The van der Waals surface area contributed by atoms with Crippen LogP contribution in [0.4, 0.5) is 21.5 Å². The highest BCUT2D eigenvalue weighted by molar-refractivity contribution is 6.34. The first-order valence-electron chi connectivity index (χ1n) is 5.25. The molecule has 2 aromatic rings. The van der Waals surface area contributed by atoms with Gasteiger partial charge in [0.15, 0.2) is 0 Å². The average Bonchev–Trinajstić information content (AvgIpc) is 2.30. The van der Waals surface area contributed by atoms with Crippen LogP contribution in [0.3, 0.4) is 0 Å². The summed E-state index contributed by atoms with van der Waals surface area (Å²) in [6.45, 7) is 1.85.